The number of aryl methyl sites for hydroxylation is 1. The van der Waals surface area contributed by atoms with Crippen molar-refractivity contribution in [3.8, 4) is 11.1 Å². The van der Waals surface area contributed by atoms with Crippen LogP contribution in [0.3, 0.4) is 0 Å². The SMILES string of the molecule is COC[C@H]1C[C@@H](c2[nH]c3ccc4cc(-c5ccc6c(ccc7[nH]c([C@@H]8C[C@H]9C[C@H]9N8C(=O)[C@H](NC(=O)OC)c8ccccc8)nc76)c5)ccc4c3c2C)N(C(=O)[C@@H](NC(=O)OC)C(C)C)C1. The highest BCUT2D eigenvalue weighted by molar-refractivity contribution is 6.10. The maximum absolute atomic E-state index is 14.4. The van der Waals surface area contributed by atoms with Gasteiger partial charge in [-0.05, 0) is 101 Å². The van der Waals surface area contributed by atoms with Gasteiger partial charge in [0.1, 0.15) is 17.9 Å². The molecule has 4 N–H and O–H groups in total. The van der Waals surface area contributed by atoms with E-state index in [1.165, 1.54) is 14.2 Å². The molecular weight excluding hydrogens is 835 g/mol. The van der Waals surface area contributed by atoms with E-state index in [9.17, 15) is 19.2 Å². The summed E-state index contributed by atoms with van der Waals surface area (Å²) in [4.78, 5) is 69.5. The summed E-state index contributed by atoms with van der Waals surface area (Å²) in [5.41, 5.74) is 7.70. The molecule has 7 aromatic rings. The number of hydrogen-bond acceptors (Lipinski definition) is 8. The largest absolute Gasteiger partial charge is 0.453 e. The first-order valence-corrected chi connectivity index (χ1v) is 22.8. The lowest BCUT2D eigenvalue weighted by atomic mass is 9.95. The lowest BCUT2D eigenvalue weighted by Gasteiger charge is -2.31. The number of methoxy groups -OCH3 is 3. The summed E-state index contributed by atoms with van der Waals surface area (Å²) >= 11 is 0. The van der Waals surface area contributed by atoms with Crippen molar-refractivity contribution in [3.05, 3.63) is 114 Å². The summed E-state index contributed by atoms with van der Waals surface area (Å²) < 4.78 is 15.3. The van der Waals surface area contributed by atoms with Crippen LogP contribution in [0.4, 0.5) is 9.59 Å². The summed E-state index contributed by atoms with van der Waals surface area (Å²) in [5, 5.41) is 11.0. The second-order valence-corrected chi connectivity index (χ2v) is 18.6. The van der Waals surface area contributed by atoms with E-state index >= 15 is 0 Å². The molecule has 2 aliphatic heterocycles. The Morgan fingerprint density at radius 2 is 1.44 bits per heavy atom. The number of rotatable bonds is 11. The van der Waals surface area contributed by atoms with Gasteiger partial charge in [-0.3, -0.25) is 9.59 Å². The number of fused-ring (bicyclic) bond motifs is 7. The first-order chi connectivity index (χ1) is 32.0. The molecule has 1 aliphatic carbocycles. The standard InChI is InChI=1S/C52H55N7O7/c1-27(2)44(56-51(62)65-5)49(60)58-25-29(26-64-4)20-41(58)45-28(3)43-36-16-12-31(21-33(36)14-18-38(43)53-45)32-13-17-37-34(22-32)15-19-39-47(37)55-48(54-39)42-24-35-23-40(35)59(42)50(61)46(57-52(63)66-6)30-10-8-7-9-11-30/h7-19,21-22,27,29,35,40-42,44,46,53H,20,23-26H2,1-6H3,(H,54,55)(H,56,62)(H,57,63)/t29-,35+,40+,41-,42-,44-,46+/m0/s1. The minimum absolute atomic E-state index is 0.102. The number of piperidine rings is 1. The molecule has 5 aromatic carbocycles. The third-order valence-electron chi connectivity index (χ3n) is 14.2. The van der Waals surface area contributed by atoms with Crippen LogP contribution in [-0.2, 0) is 23.8 Å². The summed E-state index contributed by atoms with van der Waals surface area (Å²) in [6.45, 7) is 7.02. The Balaban J connectivity index is 0.937. The number of imidazole rings is 1. The zero-order valence-electron chi connectivity index (χ0n) is 38.0. The van der Waals surface area contributed by atoms with E-state index in [4.69, 9.17) is 19.2 Å². The number of carbonyl (C=O) groups excluding carboxylic acids is 4. The maximum atomic E-state index is 14.4. The van der Waals surface area contributed by atoms with Crippen LogP contribution in [-0.4, -0.2) is 95.3 Å². The quantitative estimate of drug-likeness (QED) is 0.0997. The number of aromatic nitrogens is 3. The number of likely N-dealkylation sites (tertiary alicyclic amines) is 2. The third-order valence-corrected chi connectivity index (χ3v) is 14.2. The van der Waals surface area contributed by atoms with Crippen molar-refractivity contribution in [2.24, 2.45) is 17.8 Å². The molecule has 14 heteroatoms. The second-order valence-electron chi connectivity index (χ2n) is 18.6. The van der Waals surface area contributed by atoms with Gasteiger partial charge in [-0.2, -0.15) is 0 Å². The van der Waals surface area contributed by atoms with Gasteiger partial charge in [-0.15, -0.1) is 0 Å². The fourth-order valence-corrected chi connectivity index (χ4v) is 10.8. The Morgan fingerprint density at radius 3 is 2.14 bits per heavy atom. The predicted molar refractivity (Wildman–Crippen MR) is 253 cm³/mol. The van der Waals surface area contributed by atoms with Crippen molar-refractivity contribution in [1.82, 2.24) is 35.4 Å². The van der Waals surface area contributed by atoms with E-state index in [0.717, 1.165) is 91.0 Å². The summed E-state index contributed by atoms with van der Waals surface area (Å²) in [6.07, 6.45) is 1.19. The van der Waals surface area contributed by atoms with Crippen molar-refractivity contribution in [2.75, 3.05) is 34.5 Å². The Hall–Kier alpha value is -6.93. The molecule has 0 bridgehead atoms. The van der Waals surface area contributed by atoms with Crippen LogP contribution in [0.15, 0.2) is 91.0 Å². The molecule has 0 radical (unpaired) electrons. The van der Waals surface area contributed by atoms with E-state index in [-0.39, 0.29) is 41.8 Å². The van der Waals surface area contributed by atoms with Crippen LogP contribution in [0.1, 0.15) is 73.9 Å². The smallest absolute Gasteiger partial charge is 0.407 e. The normalized spacial score (nSPS) is 21.1. The van der Waals surface area contributed by atoms with E-state index in [1.807, 2.05) is 54.0 Å². The number of hydrogen-bond donors (Lipinski definition) is 4. The number of alkyl carbamates (subject to hydrolysis) is 2. The van der Waals surface area contributed by atoms with Crippen LogP contribution in [0.25, 0.3) is 54.6 Å². The van der Waals surface area contributed by atoms with E-state index < -0.39 is 24.3 Å². The van der Waals surface area contributed by atoms with Gasteiger partial charge in [0.05, 0.1) is 43.9 Å². The van der Waals surface area contributed by atoms with E-state index in [0.29, 0.717) is 24.6 Å². The van der Waals surface area contributed by atoms with Crippen LogP contribution in [0.2, 0.25) is 0 Å². The van der Waals surface area contributed by atoms with Gasteiger partial charge in [0.25, 0.3) is 5.91 Å². The molecule has 4 heterocycles. The highest BCUT2D eigenvalue weighted by Crippen LogP contribution is 2.54. The number of ether oxygens (including phenoxy) is 3. The predicted octanol–water partition coefficient (Wildman–Crippen LogP) is 9.00. The molecule has 2 saturated heterocycles. The maximum Gasteiger partial charge on any atom is 0.407 e. The molecule has 10 rings (SSSR count). The minimum atomic E-state index is -0.883. The Kier molecular flexibility index (Phi) is 11.2. The minimum Gasteiger partial charge on any atom is -0.453 e. The zero-order valence-corrected chi connectivity index (χ0v) is 38.0. The Labute approximate surface area is 382 Å². The fourth-order valence-electron chi connectivity index (χ4n) is 10.8. The highest BCUT2D eigenvalue weighted by Gasteiger charge is 2.56. The van der Waals surface area contributed by atoms with Gasteiger partial charge in [-0.25, -0.2) is 14.6 Å². The van der Waals surface area contributed by atoms with Gasteiger partial charge in [0, 0.05) is 47.6 Å². The molecule has 7 atom stereocenters. The van der Waals surface area contributed by atoms with Crippen LogP contribution < -0.4 is 10.6 Å². The first kappa shape index (κ1) is 43.0. The Morgan fingerprint density at radius 1 is 0.758 bits per heavy atom. The van der Waals surface area contributed by atoms with Crippen molar-refractivity contribution in [3.63, 3.8) is 0 Å². The number of carbonyl (C=O) groups is 4. The van der Waals surface area contributed by atoms with Crippen molar-refractivity contribution < 1.29 is 33.4 Å². The topological polar surface area (TPSA) is 171 Å². The molecule has 1 saturated carbocycles. The van der Waals surface area contributed by atoms with Crippen LogP contribution >= 0.6 is 0 Å². The molecule has 0 unspecified atom stereocenters. The second kappa shape index (κ2) is 17.1. The van der Waals surface area contributed by atoms with E-state index in [1.54, 1.807) is 7.11 Å². The average molecular weight is 890 g/mol. The lowest BCUT2D eigenvalue weighted by Crippen LogP contribution is -2.51. The molecule has 3 fully saturated rings. The number of nitrogens with zero attached hydrogens (tertiary/aromatic N) is 3. The lowest BCUT2D eigenvalue weighted by molar-refractivity contribution is -0.136. The fraction of sp³-hybridized carbons (Fsp3) is 0.365. The van der Waals surface area contributed by atoms with Gasteiger partial charge in [0.15, 0.2) is 0 Å². The highest BCUT2D eigenvalue weighted by atomic mass is 16.5. The van der Waals surface area contributed by atoms with E-state index in [2.05, 4.69) is 88.2 Å². The molecule has 340 valence electrons. The van der Waals surface area contributed by atoms with Crippen LogP contribution in [0.5, 0.6) is 0 Å². The molecule has 14 nitrogen and oxygen atoms in total. The number of aromatic amines is 2. The summed E-state index contributed by atoms with van der Waals surface area (Å²) in [5.74, 6) is 0.831. The van der Waals surface area contributed by atoms with Crippen LogP contribution in [0, 0.1) is 24.7 Å². The van der Waals surface area contributed by atoms with Crippen molar-refractivity contribution in [1.29, 1.82) is 0 Å². The molecular formula is C52H55N7O7. The molecule has 4 amide bonds. The van der Waals surface area contributed by atoms with Crippen molar-refractivity contribution in [2.45, 2.75) is 70.2 Å². The summed E-state index contributed by atoms with van der Waals surface area (Å²) in [7, 11) is 4.29. The monoisotopic (exact) mass is 889 g/mol. The number of H-pyrrole nitrogens is 2. The Bertz CT molecular complexity index is 3030. The van der Waals surface area contributed by atoms with Gasteiger partial charge in [0.2, 0.25) is 5.91 Å². The zero-order chi connectivity index (χ0) is 46.0. The number of nitrogens with one attached hydrogen (secondary N) is 4. The molecule has 2 aromatic heterocycles. The van der Waals surface area contributed by atoms with Gasteiger partial charge >= 0.3 is 12.2 Å². The third kappa shape index (κ3) is 7.56. The first-order valence-electron chi connectivity index (χ1n) is 22.8. The van der Waals surface area contributed by atoms with Gasteiger partial charge in [-0.1, -0.05) is 80.6 Å². The average Bonchev–Trinajstić information content (AvgIpc) is 3.67. The summed E-state index contributed by atoms with van der Waals surface area (Å²) in [6, 6.07) is 28.8. The van der Waals surface area contributed by atoms with Gasteiger partial charge < -0.3 is 44.6 Å². The van der Waals surface area contributed by atoms with Crippen molar-refractivity contribution >= 4 is 67.5 Å². The number of amides is 4. The molecule has 66 heavy (non-hydrogen) atoms. The molecule has 0 spiro atoms. The molecule has 3 aliphatic rings. The number of benzene rings is 5.